The quantitative estimate of drug-likeness (QED) is 0.535. The highest BCUT2D eigenvalue weighted by molar-refractivity contribution is 6.32. The van der Waals surface area contributed by atoms with E-state index >= 15 is 0 Å². The number of ether oxygens (including phenoxy) is 4. The fourth-order valence-electron chi connectivity index (χ4n) is 3.73. The number of primary amides is 1. The number of hydrogen-bond acceptors (Lipinski definition) is 6. The van der Waals surface area contributed by atoms with Gasteiger partial charge in [-0.1, -0.05) is 17.7 Å². The summed E-state index contributed by atoms with van der Waals surface area (Å²) in [4.78, 5) is 23.9. The van der Waals surface area contributed by atoms with E-state index in [1.165, 1.54) is 32.1 Å². The summed E-state index contributed by atoms with van der Waals surface area (Å²) >= 11 is 6.25. The number of benzene rings is 2. The first-order valence-corrected chi connectivity index (χ1v) is 11.1. The fourth-order valence-corrected chi connectivity index (χ4v) is 4.00. The number of carbonyl (C=O) groups excluding carboxylic acids is 2. The molecule has 2 aromatic rings. The van der Waals surface area contributed by atoms with Crippen LogP contribution in [0.4, 0.5) is 0 Å². The van der Waals surface area contributed by atoms with Crippen LogP contribution in [0.3, 0.4) is 0 Å². The molecular formula is C24H29ClN2O6. The molecule has 1 fully saturated rings. The van der Waals surface area contributed by atoms with E-state index in [1.807, 2.05) is 25.1 Å². The minimum Gasteiger partial charge on any atom is -0.493 e. The van der Waals surface area contributed by atoms with Gasteiger partial charge in [0.15, 0.2) is 29.6 Å². The highest BCUT2D eigenvalue weighted by Crippen LogP contribution is 2.37. The molecule has 1 aliphatic rings. The van der Waals surface area contributed by atoms with Gasteiger partial charge in [0.05, 0.1) is 31.4 Å². The standard InChI is InChI=1S/C24H29ClN2O6/c1-14(15-8-9-19(20(11-15)30-2)33-17-6-4-5-7-17)27-24(29)16-10-18(25)23(21(12-16)31-3)32-13-22(26)28/h8-12,14,17H,4-7,13H2,1-3H3,(H2,26,28)(H,27,29). The van der Waals surface area contributed by atoms with Crippen LogP contribution in [0, 0.1) is 0 Å². The summed E-state index contributed by atoms with van der Waals surface area (Å²) in [7, 11) is 3.01. The van der Waals surface area contributed by atoms with E-state index in [2.05, 4.69) is 5.32 Å². The third-order valence-corrected chi connectivity index (χ3v) is 5.76. The third kappa shape index (κ3) is 6.22. The Hall–Kier alpha value is -3.13. The molecule has 3 rings (SSSR count). The van der Waals surface area contributed by atoms with Gasteiger partial charge in [0.1, 0.15) is 0 Å². The van der Waals surface area contributed by atoms with Crippen molar-refractivity contribution in [3.63, 3.8) is 0 Å². The Balaban J connectivity index is 1.73. The van der Waals surface area contributed by atoms with Crippen molar-refractivity contribution >= 4 is 23.4 Å². The van der Waals surface area contributed by atoms with Crippen LogP contribution >= 0.6 is 11.6 Å². The second kappa shape index (κ2) is 11.1. The van der Waals surface area contributed by atoms with Crippen LogP contribution in [0.25, 0.3) is 0 Å². The van der Waals surface area contributed by atoms with Gasteiger partial charge in [0.25, 0.3) is 11.8 Å². The van der Waals surface area contributed by atoms with Gasteiger partial charge in [-0.05, 0) is 62.4 Å². The van der Waals surface area contributed by atoms with Crippen molar-refractivity contribution in [1.82, 2.24) is 5.32 Å². The number of nitrogens with two attached hydrogens (primary N) is 1. The Morgan fingerprint density at radius 3 is 2.42 bits per heavy atom. The lowest BCUT2D eigenvalue weighted by atomic mass is 10.1. The Bertz CT molecular complexity index is 1010. The Kier molecular flexibility index (Phi) is 8.27. The lowest BCUT2D eigenvalue weighted by molar-refractivity contribution is -0.119. The van der Waals surface area contributed by atoms with E-state index in [0.717, 1.165) is 18.4 Å². The van der Waals surface area contributed by atoms with Gasteiger partial charge in [0, 0.05) is 5.56 Å². The SMILES string of the molecule is COc1cc(C(C)NC(=O)c2cc(Cl)c(OCC(N)=O)c(OC)c2)ccc1OC1CCCC1. The molecule has 0 aromatic heterocycles. The maximum absolute atomic E-state index is 12.9. The number of hydrogen-bond donors (Lipinski definition) is 2. The summed E-state index contributed by atoms with van der Waals surface area (Å²) in [5.41, 5.74) is 6.25. The number of nitrogens with one attached hydrogen (secondary N) is 1. The number of carbonyl (C=O) groups is 2. The molecule has 1 unspecified atom stereocenters. The van der Waals surface area contributed by atoms with E-state index in [0.29, 0.717) is 11.5 Å². The van der Waals surface area contributed by atoms with Crippen LogP contribution in [0.1, 0.15) is 54.6 Å². The topological polar surface area (TPSA) is 109 Å². The average Bonchev–Trinajstić information content (AvgIpc) is 3.30. The monoisotopic (exact) mass is 476 g/mol. The summed E-state index contributed by atoms with van der Waals surface area (Å²) in [6.07, 6.45) is 4.69. The van der Waals surface area contributed by atoms with Gasteiger partial charge in [-0.15, -0.1) is 0 Å². The minimum absolute atomic E-state index is 0.128. The Morgan fingerprint density at radius 1 is 1.09 bits per heavy atom. The van der Waals surface area contributed by atoms with Crippen LogP contribution in [0.15, 0.2) is 30.3 Å². The van der Waals surface area contributed by atoms with Crippen molar-refractivity contribution in [3.8, 4) is 23.0 Å². The number of amides is 2. The molecular weight excluding hydrogens is 448 g/mol. The van der Waals surface area contributed by atoms with E-state index in [9.17, 15) is 9.59 Å². The van der Waals surface area contributed by atoms with Crippen molar-refractivity contribution in [2.45, 2.75) is 44.8 Å². The van der Waals surface area contributed by atoms with Gasteiger partial charge < -0.3 is 30.0 Å². The van der Waals surface area contributed by atoms with Gasteiger partial charge in [-0.3, -0.25) is 9.59 Å². The van der Waals surface area contributed by atoms with E-state index in [-0.39, 0.29) is 46.7 Å². The molecule has 2 aromatic carbocycles. The maximum Gasteiger partial charge on any atom is 0.255 e. The summed E-state index contributed by atoms with van der Waals surface area (Å²) in [5.74, 6) is 0.686. The second-order valence-electron chi connectivity index (χ2n) is 7.87. The molecule has 1 saturated carbocycles. The Morgan fingerprint density at radius 2 is 1.79 bits per heavy atom. The van der Waals surface area contributed by atoms with Gasteiger partial charge in [0.2, 0.25) is 0 Å². The third-order valence-electron chi connectivity index (χ3n) is 5.48. The first-order valence-electron chi connectivity index (χ1n) is 10.8. The largest absolute Gasteiger partial charge is 0.493 e. The van der Waals surface area contributed by atoms with Crippen LogP contribution < -0.4 is 30.0 Å². The molecule has 0 spiro atoms. The molecule has 8 nitrogen and oxygen atoms in total. The molecule has 0 heterocycles. The van der Waals surface area contributed by atoms with Crippen molar-refractivity contribution in [2.24, 2.45) is 5.73 Å². The highest BCUT2D eigenvalue weighted by atomic mass is 35.5. The molecule has 33 heavy (non-hydrogen) atoms. The molecule has 0 aliphatic heterocycles. The molecule has 0 saturated heterocycles. The molecule has 1 aliphatic carbocycles. The fraction of sp³-hybridized carbons (Fsp3) is 0.417. The zero-order valence-electron chi connectivity index (χ0n) is 19.0. The number of rotatable bonds is 10. The molecule has 1 atom stereocenters. The first-order chi connectivity index (χ1) is 15.8. The lowest BCUT2D eigenvalue weighted by Crippen LogP contribution is -2.27. The van der Waals surface area contributed by atoms with E-state index < -0.39 is 5.91 Å². The normalized spacial score (nSPS) is 14.4. The molecule has 0 bridgehead atoms. The van der Waals surface area contributed by atoms with Crippen molar-refractivity contribution in [1.29, 1.82) is 0 Å². The smallest absolute Gasteiger partial charge is 0.255 e. The molecule has 3 N–H and O–H groups in total. The molecule has 178 valence electrons. The summed E-state index contributed by atoms with van der Waals surface area (Å²) in [5, 5.41) is 3.07. The summed E-state index contributed by atoms with van der Waals surface area (Å²) in [6, 6.07) is 8.27. The molecule has 9 heteroatoms. The zero-order chi connectivity index (χ0) is 24.0. The lowest BCUT2D eigenvalue weighted by Gasteiger charge is -2.19. The number of methoxy groups -OCH3 is 2. The highest BCUT2D eigenvalue weighted by Gasteiger charge is 2.21. The summed E-state index contributed by atoms with van der Waals surface area (Å²) in [6.45, 7) is 1.51. The number of halogens is 1. The van der Waals surface area contributed by atoms with Crippen molar-refractivity contribution < 1.29 is 28.5 Å². The van der Waals surface area contributed by atoms with Crippen molar-refractivity contribution in [2.75, 3.05) is 20.8 Å². The Labute approximate surface area is 198 Å². The molecule has 2 amide bonds. The van der Waals surface area contributed by atoms with Crippen LogP contribution in [0.2, 0.25) is 5.02 Å². The van der Waals surface area contributed by atoms with Gasteiger partial charge in [-0.25, -0.2) is 0 Å². The first kappa shape index (κ1) is 24.5. The maximum atomic E-state index is 12.9. The summed E-state index contributed by atoms with van der Waals surface area (Å²) < 4.78 is 22.2. The van der Waals surface area contributed by atoms with Gasteiger partial charge in [-0.2, -0.15) is 0 Å². The minimum atomic E-state index is -0.654. The second-order valence-corrected chi connectivity index (χ2v) is 8.28. The van der Waals surface area contributed by atoms with Crippen LogP contribution in [-0.4, -0.2) is 38.7 Å². The van der Waals surface area contributed by atoms with Crippen molar-refractivity contribution in [3.05, 3.63) is 46.5 Å². The predicted molar refractivity (Wildman–Crippen MR) is 124 cm³/mol. The zero-order valence-corrected chi connectivity index (χ0v) is 19.7. The van der Waals surface area contributed by atoms with Crippen LogP contribution in [0.5, 0.6) is 23.0 Å². The van der Waals surface area contributed by atoms with E-state index in [1.54, 1.807) is 7.11 Å². The average molecular weight is 477 g/mol. The molecule has 0 radical (unpaired) electrons. The van der Waals surface area contributed by atoms with Crippen LogP contribution in [-0.2, 0) is 4.79 Å². The van der Waals surface area contributed by atoms with Gasteiger partial charge >= 0.3 is 0 Å². The predicted octanol–water partition coefficient (Wildman–Crippen LogP) is 4.03. The van der Waals surface area contributed by atoms with E-state index in [4.69, 9.17) is 36.3 Å².